The molecule has 1 aliphatic heterocycles. The molecule has 23 heavy (non-hydrogen) atoms. The Balaban J connectivity index is 1.67. The number of nitrogens with zero attached hydrogens (tertiary/aromatic N) is 1. The third kappa shape index (κ3) is 2.72. The molecule has 0 saturated heterocycles. The van der Waals surface area contributed by atoms with Crippen LogP contribution in [0.2, 0.25) is 0 Å². The Morgan fingerprint density at radius 1 is 1.04 bits per heavy atom. The van der Waals surface area contributed by atoms with Gasteiger partial charge in [0.15, 0.2) is 0 Å². The van der Waals surface area contributed by atoms with Crippen LogP contribution in [0.3, 0.4) is 0 Å². The second-order valence-corrected chi connectivity index (χ2v) is 6.69. The number of anilines is 2. The van der Waals surface area contributed by atoms with Crippen molar-refractivity contribution in [3.63, 3.8) is 0 Å². The van der Waals surface area contributed by atoms with Gasteiger partial charge in [0.05, 0.1) is 6.04 Å². The van der Waals surface area contributed by atoms with Gasteiger partial charge in [-0.1, -0.05) is 36.4 Å². The van der Waals surface area contributed by atoms with E-state index in [0.29, 0.717) is 5.91 Å². The molecule has 1 amide bonds. The largest absolute Gasteiger partial charge is 0.378 e. The standard InChI is InChI=1S/C20H22N2O/c1-14-13-18(21-16-7-3-2-4-8-16)17-9-5-6-10-19(17)22(14)20(23)15-11-12-15/h2-10,14-15,18,21H,11-13H2,1H3. The van der Waals surface area contributed by atoms with E-state index in [0.717, 1.165) is 30.6 Å². The summed E-state index contributed by atoms with van der Waals surface area (Å²) >= 11 is 0. The summed E-state index contributed by atoms with van der Waals surface area (Å²) in [5, 5.41) is 3.63. The van der Waals surface area contributed by atoms with Gasteiger partial charge in [0.1, 0.15) is 0 Å². The van der Waals surface area contributed by atoms with Crippen LogP contribution in [0.5, 0.6) is 0 Å². The van der Waals surface area contributed by atoms with Gasteiger partial charge in [0.2, 0.25) is 5.91 Å². The van der Waals surface area contributed by atoms with Crippen LogP contribution in [0.15, 0.2) is 54.6 Å². The maximum Gasteiger partial charge on any atom is 0.230 e. The highest BCUT2D eigenvalue weighted by molar-refractivity contribution is 5.98. The average molecular weight is 306 g/mol. The van der Waals surface area contributed by atoms with E-state index in [1.165, 1.54) is 5.56 Å². The van der Waals surface area contributed by atoms with Gasteiger partial charge in [0, 0.05) is 23.3 Å². The van der Waals surface area contributed by atoms with Crippen LogP contribution in [-0.2, 0) is 4.79 Å². The molecular weight excluding hydrogens is 284 g/mol. The minimum atomic E-state index is 0.221. The molecule has 1 heterocycles. The summed E-state index contributed by atoms with van der Waals surface area (Å²) in [5.74, 6) is 0.562. The van der Waals surface area contributed by atoms with Crippen molar-refractivity contribution in [3.8, 4) is 0 Å². The molecule has 0 aromatic heterocycles. The third-order valence-electron chi connectivity index (χ3n) is 4.87. The van der Waals surface area contributed by atoms with E-state index in [9.17, 15) is 4.79 Å². The third-order valence-corrected chi connectivity index (χ3v) is 4.87. The van der Waals surface area contributed by atoms with Crippen molar-refractivity contribution in [2.24, 2.45) is 5.92 Å². The van der Waals surface area contributed by atoms with Crippen LogP contribution in [0.1, 0.15) is 37.8 Å². The van der Waals surface area contributed by atoms with E-state index in [-0.39, 0.29) is 18.0 Å². The van der Waals surface area contributed by atoms with Gasteiger partial charge in [-0.15, -0.1) is 0 Å². The molecule has 0 bridgehead atoms. The van der Waals surface area contributed by atoms with E-state index in [1.807, 2.05) is 29.2 Å². The molecule has 2 aromatic carbocycles. The summed E-state index contributed by atoms with van der Waals surface area (Å²) in [4.78, 5) is 14.7. The second kappa shape index (κ2) is 5.73. The van der Waals surface area contributed by atoms with Crippen molar-refractivity contribution in [1.29, 1.82) is 0 Å². The predicted octanol–water partition coefficient (Wildman–Crippen LogP) is 4.38. The minimum absolute atomic E-state index is 0.221. The highest BCUT2D eigenvalue weighted by Gasteiger charge is 2.40. The van der Waals surface area contributed by atoms with Gasteiger partial charge in [-0.3, -0.25) is 4.79 Å². The first-order valence-corrected chi connectivity index (χ1v) is 8.47. The number of carbonyl (C=O) groups excluding carboxylic acids is 1. The lowest BCUT2D eigenvalue weighted by Gasteiger charge is -2.40. The highest BCUT2D eigenvalue weighted by Crippen LogP contribution is 2.42. The second-order valence-electron chi connectivity index (χ2n) is 6.69. The van der Waals surface area contributed by atoms with Gasteiger partial charge in [-0.25, -0.2) is 0 Å². The first kappa shape index (κ1) is 14.3. The van der Waals surface area contributed by atoms with E-state index in [1.54, 1.807) is 0 Å². The number of rotatable bonds is 3. The molecule has 1 N–H and O–H groups in total. The summed E-state index contributed by atoms with van der Waals surface area (Å²) in [6, 6.07) is 19.1. The average Bonchev–Trinajstić information content (AvgIpc) is 3.40. The van der Waals surface area contributed by atoms with Crippen LogP contribution in [-0.4, -0.2) is 11.9 Å². The van der Waals surface area contributed by atoms with E-state index < -0.39 is 0 Å². The topological polar surface area (TPSA) is 32.3 Å². The Kier molecular flexibility index (Phi) is 3.56. The lowest BCUT2D eigenvalue weighted by Crippen LogP contribution is -2.45. The zero-order valence-electron chi connectivity index (χ0n) is 13.4. The first-order valence-electron chi connectivity index (χ1n) is 8.47. The van der Waals surface area contributed by atoms with Gasteiger partial charge in [-0.2, -0.15) is 0 Å². The Morgan fingerprint density at radius 3 is 2.48 bits per heavy atom. The van der Waals surface area contributed by atoms with Gasteiger partial charge in [0.25, 0.3) is 0 Å². The highest BCUT2D eigenvalue weighted by atomic mass is 16.2. The number of para-hydroxylation sites is 2. The molecule has 118 valence electrons. The number of hydrogen-bond donors (Lipinski definition) is 1. The van der Waals surface area contributed by atoms with Crippen LogP contribution in [0.25, 0.3) is 0 Å². The SMILES string of the molecule is CC1CC(Nc2ccccc2)c2ccccc2N1C(=O)C1CC1. The number of carbonyl (C=O) groups is 1. The number of nitrogens with one attached hydrogen (secondary N) is 1. The lowest BCUT2D eigenvalue weighted by atomic mass is 9.91. The fraction of sp³-hybridized carbons (Fsp3) is 0.350. The Hall–Kier alpha value is -2.29. The predicted molar refractivity (Wildman–Crippen MR) is 93.5 cm³/mol. The maximum atomic E-state index is 12.7. The van der Waals surface area contributed by atoms with Gasteiger partial charge in [-0.05, 0) is 49.9 Å². The summed E-state index contributed by atoms with van der Waals surface area (Å²) in [7, 11) is 0. The maximum absolute atomic E-state index is 12.7. The molecule has 0 radical (unpaired) electrons. The monoisotopic (exact) mass is 306 g/mol. The van der Waals surface area contributed by atoms with Crippen molar-refractivity contribution >= 4 is 17.3 Å². The first-order chi connectivity index (χ1) is 11.2. The zero-order valence-corrected chi connectivity index (χ0v) is 13.4. The molecule has 2 unspecified atom stereocenters. The van der Waals surface area contributed by atoms with Crippen molar-refractivity contribution in [2.75, 3.05) is 10.2 Å². The Bertz CT molecular complexity index is 709. The summed E-state index contributed by atoms with van der Waals surface area (Å²) in [6.07, 6.45) is 3.04. The molecule has 3 nitrogen and oxygen atoms in total. The number of fused-ring (bicyclic) bond motifs is 1. The number of amides is 1. The quantitative estimate of drug-likeness (QED) is 0.913. The number of benzene rings is 2. The smallest absolute Gasteiger partial charge is 0.230 e. The molecular formula is C20H22N2O. The summed E-state index contributed by atoms with van der Waals surface area (Å²) in [5.41, 5.74) is 3.43. The summed E-state index contributed by atoms with van der Waals surface area (Å²) in [6.45, 7) is 2.16. The lowest BCUT2D eigenvalue weighted by molar-refractivity contribution is -0.120. The molecule has 4 rings (SSSR count). The van der Waals surface area contributed by atoms with Gasteiger partial charge < -0.3 is 10.2 Å². The van der Waals surface area contributed by atoms with E-state index >= 15 is 0 Å². The molecule has 1 aliphatic carbocycles. The minimum Gasteiger partial charge on any atom is -0.378 e. The Morgan fingerprint density at radius 2 is 1.74 bits per heavy atom. The van der Waals surface area contributed by atoms with Crippen molar-refractivity contribution in [2.45, 2.75) is 38.3 Å². The fourth-order valence-corrected chi connectivity index (χ4v) is 3.55. The molecule has 1 saturated carbocycles. The molecule has 2 aliphatic rings. The van der Waals surface area contributed by atoms with Crippen molar-refractivity contribution in [1.82, 2.24) is 0 Å². The molecule has 1 fully saturated rings. The van der Waals surface area contributed by atoms with Crippen LogP contribution in [0.4, 0.5) is 11.4 Å². The zero-order chi connectivity index (χ0) is 15.8. The van der Waals surface area contributed by atoms with Gasteiger partial charge >= 0.3 is 0 Å². The van der Waals surface area contributed by atoms with Crippen LogP contribution >= 0.6 is 0 Å². The van der Waals surface area contributed by atoms with Crippen molar-refractivity contribution < 1.29 is 4.79 Å². The van der Waals surface area contributed by atoms with Crippen molar-refractivity contribution in [3.05, 3.63) is 60.2 Å². The fourth-order valence-electron chi connectivity index (χ4n) is 3.55. The molecule has 2 aromatic rings. The Labute approximate surface area is 137 Å². The molecule has 3 heteroatoms. The normalized spacial score (nSPS) is 23.3. The molecule has 0 spiro atoms. The number of hydrogen-bond acceptors (Lipinski definition) is 2. The van der Waals surface area contributed by atoms with E-state index in [2.05, 4.69) is 42.6 Å². The van der Waals surface area contributed by atoms with Crippen LogP contribution < -0.4 is 10.2 Å². The van der Waals surface area contributed by atoms with Crippen LogP contribution in [0, 0.1) is 5.92 Å². The molecule has 2 atom stereocenters. The van der Waals surface area contributed by atoms with E-state index in [4.69, 9.17) is 0 Å². The summed E-state index contributed by atoms with van der Waals surface area (Å²) < 4.78 is 0.